The molecule has 10 heteroatoms. The van der Waals surface area contributed by atoms with Crippen LogP contribution in [0.15, 0.2) is 70.5 Å². The molecule has 3 aromatic carbocycles. The maximum Gasteiger partial charge on any atom is 0.265 e. The Morgan fingerprint density at radius 3 is 2.30 bits per heavy atom. The van der Waals surface area contributed by atoms with Gasteiger partial charge in [-0.2, -0.15) is 4.31 Å². The van der Waals surface area contributed by atoms with Gasteiger partial charge in [0.1, 0.15) is 6.54 Å². The van der Waals surface area contributed by atoms with E-state index in [0.717, 1.165) is 28.1 Å². The summed E-state index contributed by atoms with van der Waals surface area (Å²) in [5.41, 5.74) is 1.22. The van der Waals surface area contributed by atoms with Crippen molar-refractivity contribution in [3.05, 3.63) is 66.2 Å². The van der Waals surface area contributed by atoms with Gasteiger partial charge in [0, 0.05) is 25.0 Å². The second-order valence-corrected chi connectivity index (χ2v) is 11.9. The van der Waals surface area contributed by atoms with Crippen LogP contribution in [-0.4, -0.2) is 46.7 Å². The second kappa shape index (κ2) is 8.12. The van der Waals surface area contributed by atoms with Crippen LogP contribution in [-0.2, 0) is 31.4 Å². The van der Waals surface area contributed by atoms with E-state index in [4.69, 9.17) is 0 Å². The molecule has 0 bridgehead atoms. The molecule has 1 saturated heterocycles. The van der Waals surface area contributed by atoms with Crippen LogP contribution in [0.3, 0.4) is 0 Å². The lowest BCUT2D eigenvalue weighted by molar-refractivity contribution is -0.119. The molecule has 0 unspecified atom stereocenters. The Labute approximate surface area is 192 Å². The molecule has 0 radical (unpaired) electrons. The topological polar surface area (TPSA) is 104 Å². The zero-order valence-corrected chi connectivity index (χ0v) is 19.4. The monoisotopic (exact) mass is 485 g/mol. The fourth-order valence-electron chi connectivity index (χ4n) is 4.37. The number of benzene rings is 3. The molecular weight excluding hydrogens is 462 g/mol. The van der Waals surface area contributed by atoms with Crippen LogP contribution < -0.4 is 9.62 Å². The molecule has 1 fully saturated rings. The van der Waals surface area contributed by atoms with E-state index < -0.39 is 26.0 Å². The normalized spacial score (nSPS) is 17.5. The number of hydrogen-bond donors (Lipinski definition) is 1. The van der Waals surface area contributed by atoms with Gasteiger partial charge < -0.3 is 5.32 Å². The van der Waals surface area contributed by atoms with Crippen LogP contribution >= 0.6 is 0 Å². The first kappa shape index (κ1) is 21.9. The summed E-state index contributed by atoms with van der Waals surface area (Å²) in [7, 11) is -7.29. The summed E-state index contributed by atoms with van der Waals surface area (Å²) in [5.74, 6) is -0.447. The lowest BCUT2D eigenvalue weighted by Gasteiger charge is -2.18. The predicted molar refractivity (Wildman–Crippen MR) is 125 cm³/mol. The predicted octanol–water partition coefficient (Wildman–Crippen LogP) is 2.45. The summed E-state index contributed by atoms with van der Waals surface area (Å²) in [5, 5.41) is 4.16. The largest absolute Gasteiger partial charge is 0.350 e. The van der Waals surface area contributed by atoms with Crippen LogP contribution in [0.2, 0.25) is 0 Å². The molecule has 172 valence electrons. The van der Waals surface area contributed by atoms with Crippen molar-refractivity contribution < 1.29 is 21.6 Å². The van der Waals surface area contributed by atoms with Gasteiger partial charge in [-0.15, -0.1) is 0 Å². The van der Waals surface area contributed by atoms with Crippen LogP contribution in [0, 0.1) is 0 Å². The Morgan fingerprint density at radius 1 is 0.939 bits per heavy atom. The molecule has 1 N–H and O–H groups in total. The van der Waals surface area contributed by atoms with Gasteiger partial charge in [-0.3, -0.25) is 9.10 Å². The van der Waals surface area contributed by atoms with Gasteiger partial charge in [0.05, 0.1) is 15.5 Å². The van der Waals surface area contributed by atoms with E-state index in [1.54, 1.807) is 36.4 Å². The fraction of sp³-hybridized carbons (Fsp3) is 0.261. The molecular formula is C23H23N3O5S2. The van der Waals surface area contributed by atoms with Crippen molar-refractivity contribution in [3.8, 4) is 0 Å². The summed E-state index contributed by atoms with van der Waals surface area (Å²) in [6, 6.07) is 16.8. The van der Waals surface area contributed by atoms with Crippen LogP contribution in [0.25, 0.3) is 10.8 Å². The average Bonchev–Trinajstić information content (AvgIpc) is 3.42. The SMILES string of the molecule is O=C(CN1c2cccc3cccc(c23)S1(=O)=O)NCc1ccc(S(=O)(=O)N2CCCC2)cc1. The van der Waals surface area contributed by atoms with Crippen LogP contribution in [0.1, 0.15) is 18.4 Å². The first-order chi connectivity index (χ1) is 15.8. The van der Waals surface area contributed by atoms with Crippen molar-refractivity contribution in [3.63, 3.8) is 0 Å². The number of carbonyl (C=O) groups is 1. The quantitative estimate of drug-likeness (QED) is 0.578. The minimum absolute atomic E-state index is 0.161. The minimum Gasteiger partial charge on any atom is -0.350 e. The van der Waals surface area contributed by atoms with Crippen LogP contribution in [0.5, 0.6) is 0 Å². The van der Waals surface area contributed by atoms with Gasteiger partial charge >= 0.3 is 0 Å². The van der Waals surface area contributed by atoms with E-state index in [-0.39, 0.29) is 22.9 Å². The number of carbonyl (C=O) groups excluding carboxylic acids is 1. The molecule has 2 heterocycles. The second-order valence-electron chi connectivity index (χ2n) is 8.17. The first-order valence-corrected chi connectivity index (χ1v) is 13.6. The number of hydrogen-bond acceptors (Lipinski definition) is 5. The van der Waals surface area contributed by atoms with Crippen molar-refractivity contribution >= 4 is 42.4 Å². The number of rotatable bonds is 6. The molecule has 5 rings (SSSR count). The summed E-state index contributed by atoms with van der Waals surface area (Å²) in [4.78, 5) is 13.0. The zero-order valence-electron chi connectivity index (χ0n) is 17.8. The average molecular weight is 486 g/mol. The number of sulfonamides is 2. The minimum atomic E-state index is -3.81. The van der Waals surface area contributed by atoms with Gasteiger partial charge in [0.15, 0.2) is 0 Å². The molecule has 0 saturated carbocycles. The van der Waals surface area contributed by atoms with E-state index in [1.807, 2.05) is 12.1 Å². The standard InChI is InChI=1S/C23H23N3O5S2/c27-22(16-26-20-7-3-5-18-6-4-8-21(23(18)20)33(26,30)31)24-15-17-9-11-19(12-10-17)32(28,29)25-13-1-2-14-25/h3-12H,1-2,13-16H2,(H,24,27). The zero-order chi connectivity index (χ0) is 23.2. The maximum absolute atomic E-state index is 13.0. The van der Waals surface area contributed by atoms with E-state index >= 15 is 0 Å². The molecule has 0 atom stereocenters. The first-order valence-electron chi connectivity index (χ1n) is 10.7. The summed E-state index contributed by atoms with van der Waals surface area (Å²) in [6.07, 6.45) is 1.74. The Bertz CT molecular complexity index is 1440. The van der Waals surface area contributed by atoms with Crippen molar-refractivity contribution in [2.75, 3.05) is 23.9 Å². The fourth-order valence-corrected chi connectivity index (χ4v) is 7.56. The van der Waals surface area contributed by atoms with Gasteiger partial charge in [-0.25, -0.2) is 16.8 Å². The van der Waals surface area contributed by atoms with Gasteiger partial charge in [0.25, 0.3) is 10.0 Å². The summed E-state index contributed by atoms with van der Waals surface area (Å²) < 4.78 is 53.9. The molecule has 2 aliphatic rings. The highest BCUT2D eigenvalue weighted by Gasteiger charge is 2.36. The Morgan fingerprint density at radius 2 is 1.61 bits per heavy atom. The highest BCUT2D eigenvalue weighted by Crippen LogP contribution is 2.41. The maximum atomic E-state index is 13.0. The van der Waals surface area contributed by atoms with E-state index in [9.17, 15) is 21.6 Å². The lowest BCUT2D eigenvalue weighted by Crippen LogP contribution is -2.38. The lowest BCUT2D eigenvalue weighted by atomic mass is 10.1. The number of amides is 1. The van der Waals surface area contributed by atoms with Gasteiger partial charge in [-0.1, -0.05) is 36.4 Å². The van der Waals surface area contributed by atoms with E-state index in [2.05, 4.69) is 5.32 Å². The number of anilines is 1. The van der Waals surface area contributed by atoms with Crippen LogP contribution in [0.4, 0.5) is 5.69 Å². The molecule has 3 aromatic rings. The smallest absolute Gasteiger partial charge is 0.265 e. The van der Waals surface area contributed by atoms with Crippen molar-refractivity contribution in [1.82, 2.24) is 9.62 Å². The molecule has 0 spiro atoms. The van der Waals surface area contributed by atoms with E-state index in [1.165, 1.54) is 16.4 Å². The third-order valence-electron chi connectivity index (χ3n) is 6.08. The van der Waals surface area contributed by atoms with Crippen molar-refractivity contribution in [1.29, 1.82) is 0 Å². The van der Waals surface area contributed by atoms with E-state index in [0.29, 0.717) is 24.2 Å². The highest BCUT2D eigenvalue weighted by molar-refractivity contribution is 7.93. The summed E-state index contributed by atoms with van der Waals surface area (Å²) in [6.45, 7) is 0.903. The third kappa shape index (κ3) is 3.77. The molecule has 1 amide bonds. The molecule has 2 aliphatic heterocycles. The van der Waals surface area contributed by atoms with Crippen molar-refractivity contribution in [2.45, 2.75) is 29.2 Å². The third-order valence-corrected chi connectivity index (χ3v) is 9.80. The molecule has 0 aromatic heterocycles. The Hall–Kier alpha value is -2.95. The number of nitrogens with one attached hydrogen (secondary N) is 1. The molecule has 0 aliphatic carbocycles. The summed E-state index contributed by atoms with van der Waals surface area (Å²) >= 11 is 0. The van der Waals surface area contributed by atoms with Crippen molar-refractivity contribution in [2.24, 2.45) is 0 Å². The Kier molecular flexibility index (Phi) is 5.38. The van der Waals surface area contributed by atoms with Gasteiger partial charge in [0.2, 0.25) is 15.9 Å². The highest BCUT2D eigenvalue weighted by atomic mass is 32.2. The molecule has 33 heavy (non-hydrogen) atoms. The number of nitrogens with zero attached hydrogens (tertiary/aromatic N) is 2. The Balaban J connectivity index is 1.27. The van der Waals surface area contributed by atoms with Gasteiger partial charge in [-0.05, 0) is 48.1 Å². The molecule has 8 nitrogen and oxygen atoms in total.